The van der Waals surface area contributed by atoms with Gasteiger partial charge < -0.3 is 0 Å². The molecule has 0 aliphatic rings. The molecule has 2 rings (SSSR count). The van der Waals surface area contributed by atoms with Crippen LogP contribution in [0.3, 0.4) is 0 Å². The first kappa shape index (κ1) is 22.2. The third kappa shape index (κ3) is 5.96. The molecule has 0 aliphatic carbocycles. The van der Waals surface area contributed by atoms with Gasteiger partial charge in [0.1, 0.15) is 23.3 Å². The van der Waals surface area contributed by atoms with Crippen LogP contribution >= 0.6 is 0 Å². The molecule has 0 spiro atoms. The number of rotatable bonds is 9. The topological polar surface area (TPSA) is 37.4 Å². The van der Waals surface area contributed by atoms with E-state index in [1.54, 1.807) is 11.8 Å². The SMILES string of the molecule is C=C(CN(CC)CC(=C)C(=O)c1cc(F)cc(F)c1)C(=O)c1cc(F)cc(F)c1. The highest BCUT2D eigenvalue weighted by molar-refractivity contribution is 6.09. The van der Waals surface area contributed by atoms with E-state index in [9.17, 15) is 27.2 Å². The third-order valence-electron chi connectivity index (χ3n) is 4.17. The highest BCUT2D eigenvalue weighted by Crippen LogP contribution is 2.16. The van der Waals surface area contributed by atoms with E-state index in [2.05, 4.69) is 13.2 Å². The van der Waals surface area contributed by atoms with Crippen molar-refractivity contribution in [2.24, 2.45) is 0 Å². The summed E-state index contributed by atoms with van der Waals surface area (Å²) in [6.07, 6.45) is 0. The van der Waals surface area contributed by atoms with Crippen LogP contribution in [0.25, 0.3) is 0 Å². The van der Waals surface area contributed by atoms with Crippen LogP contribution in [0.5, 0.6) is 0 Å². The molecule has 0 heterocycles. The van der Waals surface area contributed by atoms with Gasteiger partial charge in [0.2, 0.25) is 0 Å². The maximum atomic E-state index is 13.3. The summed E-state index contributed by atoms with van der Waals surface area (Å²) in [5.74, 6) is -4.79. The molecule has 0 aliphatic heterocycles. The van der Waals surface area contributed by atoms with Gasteiger partial charge in [-0.25, -0.2) is 17.6 Å². The first-order valence-corrected chi connectivity index (χ1v) is 8.70. The lowest BCUT2D eigenvalue weighted by Gasteiger charge is -2.22. The van der Waals surface area contributed by atoms with Gasteiger partial charge >= 0.3 is 0 Å². The Hall–Kier alpha value is -3.06. The first-order valence-electron chi connectivity index (χ1n) is 8.70. The molecule has 2 aromatic rings. The summed E-state index contributed by atoms with van der Waals surface area (Å²) in [5, 5.41) is 0. The Labute approximate surface area is 166 Å². The van der Waals surface area contributed by atoms with Gasteiger partial charge in [-0.15, -0.1) is 0 Å². The number of halogens is 4. The predicted molar refractivity (Wildman–Crippen MR) is 102 cm³/mol. The van der Waals surface area contributed by atoms with Crippen LogP contribution in [0.15, 0.2) is 60.7 Å². The highest BCUT2D eigenvalue weighted by atomic mass is 19.1. The van der Waals surface area contributed by atoms with Gasteiger partial charge in [-0.05, 0) is 30.8 Å². The standard InChI is InChI=1S/C22H19F4NO2/c1-4-27(11-13(2)21(28)15-5-17(23)9-18(24)6-15)12-14(3)22(29)16-7-19(25)10-20(26)8-16/h5-10H,2-4,11-12H2,1H3. The fourth-order valence-electron chi connectivity index (χ4n) is 2.74. The summed E-state index contributed by atoms with van der Waals surface area (Å²) in [4.78, 5) is 26.4. The van der Waals surface area contributed by atoms with E-state index < -0.39 is 34.8 Å². The van der Waals surface area contributed by atoms with Crippen molar-refractivity contribution in [2.45, 2.75) is 6.92 Å². The summed E-state index contributed by atoms with van der Waals surface area (Å²) in [7, 11) is 0. The molecule has 0 bridgehead atoms. The summed E-state index contributed by atoms with van der Waals surface area (Å²) in [5.41, 5.74) is -0.217. The van der Waals surface area contributed by atoms with Crippen molar-refractivity contribution in [1.82, 2.24) is 4.90 Å². The van der Waals surface area contributed by atoms with Crippen LogP contribution in [-0.4, -0.2) is 36.1 Å². The molecule has 0 saturated carbocycles. The Morgan fingerprint density at radius 2 is 1.03 bits per heavy atom. The van der Waals surface area contributed by atoms with Crippen molar-refractivity contribution in [3.63, 3.8) is 0 Å². The number of benzene rings is 2. The van der Waals surface area contributed by atoms with E-state index in [4.69, 9.17) is 0 Å². The molecule has 3 nitrogen and oxygen atoms in total. The Morgan fingerprint density at radius 1 is 0.724 bits per heavy atom. The summed E-state index contributed by atoms with van der Waals surface area (Å²) < 4.78 is 53.3. The van der Waals surface area contributed by atoms with Gasteiger partial charge in [0, 0.05) is 47.5 Å². The molecule has 29 heavy (non-hydrogen) atoms. The minimum Gasteiger partial charge on any atom is -0.295 e. The molecule has 0 fully saturated rings. The van der Waals surface area contributed by atoms with E-state index in [-0.39, 0.29) is 35.4 Å². The molecule has 0 atom stereocenters. The third-order valence-corrected chi connectivity index (χ3v) is 4.17. The Balaban J connectivity index is 2.07. The monoisotopic (exact) mass is 405 g/mol. The molecule has 152 valence electrons. The van der Waals surface area contributed by atoms with E-state index in [1.165, 1.54) is 0 Å². The first-order chi connectivity index (χ1) is 13.6. The molecular formula is C22H19F4NO2. The lowest BCUT2D eigenvalue weighted by Crippen LogP contribution is -2.31. The van der Waals surface area contributed by atoms with E-state index in [1.807, 2.05) is 0 Å². The Bertz CT molecular complexity index is 867. The molecule has 0 N–H and O–H groups in total. The quantitative estimate of drug-likeness (QED) is 0.344. The van der Waals surface area contributed by atoms with Crippen molar-refractivity contribution in [2.75, 3.05) is 19.6 Å². The zero-order valence-corrected chi connectivity index (χ0v) is 15.8. The van der Waals surface area contributed by atoms with Crippen LogP contribution < -0.4 is 0 Å². The molecule has 0 radical (unpaired) electrons. The van der Waals surface area contributed by atoms with Gasteiger partial charge in [0.05, 0.1) is 0 Å². The predicted octanol–water partition coefficient (Wildman–Crippen LogP) is 4.74. The average Bonchev–Trinajstić information content (AvgIpc) is 2.64. The van der Waals surface area contributed by atoms with Crippen molar-refractivity contribution in [1.29, 1.82) is 0 Å². The van der Waals surface area contributed by atoms with Gasteiger partial charge in [0.25, 0.3) is 0 Å². The zero-order chi connectivity index (χ0) is 21.7. The Kier molecular flexibility index (Phi) is 7.23. The normalized spacial score (nSPS) is 10.8. The van der Waals surface area contributed by atoms with Crippen molar-refractivity contribution in [3.8, 4) is 0 Å². The molecule has 0 aromatic heterocycles. The van der Waals surface area contributed by atoms with Crippen LogP contribution in [-0.2, 0) is 0 Å². The number of ketones is 2. The average molecular weight is 405 g/mol. The summed E-state index contributed by atoms with van der Waals surface area (Å²) in [6, 6.07) is 4.95. The smallest absolute Gasteiger partial charge is 0.189 e. The van der Waals surface area contributed by atoms with Crippen molar-refractivity contribution >= 4 is 11.6 Å². The number of Topliss-reactive ketones (excluding diaryl/α,β-unsaturated/α-hetero) is 2. The molecule has 2 aromatic carbocycles. The second kappa shape index (κ2) is 9.43. The van der Waals surface area contributed by atoms with E-state index in [0.29, 0.717) is 18.7 Å². The largest absolute Gasteiger partial charge is 0.295 e. The zero-order valence-electron chi connectivity index (χ0n) is 15.8. The van der Waals surface area contributed by atoms with Crippen molar-refractivity contribution < 1.29 is 27.2 Å². The number of hydrogen-bond donors (Lipinski definition) is 0. The second-order valence-corrected chi connectivity index (χ2v) is 6.48. The van der Waals surface area contributed by atoms with Crippen LogP contribution in [0.4, 0.5) is 17.6 Å². The van der Waals surface area contributed by atoms with E-state index >= 15 is 0 Å². The molecule has 0 saturated heterocycles. The van der Waals surface area contributed by atoms with E-state index in [0.717, 1.165) is 24.3 Å². The molecule has 0 unspecified atom stereocenters. The fourth-order valence-corrected chi connectivity index (χ4v) is 2.74. The summed E-state index contributed by atoms with van der Waals surface area (Å²) in [6.45, 7) is 9.51. The Morgan fingerprint density at radius 3 is 1.31 bits per heavy atom. The minimum absolute atomic E-state index is 0.0112. The highest BCUT2D eigenvalue weighted by Gasteiger charge is 2.19. The number of carbonyl (C=O) groups excluding carboxylic acids is 2. The van der Waals surface area contributed by atoms with Crippen LogP contribution in [0, 0.1) is 23.3 Å². The number of likely N-dealkylation sites (N-methyl/N-ethyl adjacent to an activating group) is 1. The maximum absolute atomic E-state index is 13.3. The summed E-state index contributed by atoms with van der Waals surface area (Å²) >= 11 is 0. The van der Waals surface area contributed by atoms with Gasteiger partial charge in [-0.2, -0.15) is 0 Å². The lowest BCUT2D eigenvalue weighted by atomic mass is 10.0. The van der Waals surface area contributed by atoms with Crippen molar-refractivity contribution in [3.05, 3.63) is 95.1 Å². The van der Waals surface area contributed by atoms with Gasteiger partial charge in [-0.1, -0.05) is 20.1 Å². The van der Waals surface area contributed by atoms with Crippen LogP contribution in [0.1, 0.15) is 27.6 Å². The molecular weight excluding hydrogens is 386 g/mol. The molecule has 7 heteroatoms. The number of nitrogens with zero attached hydrogens (tertiary/aromatic N) is 1. The van der Waals surface area contributed by atoms with Gasteiger partial charge in [-0.3, -0.25) is 14.5 Å². The second-order valence-electron chi connectivity index (χ2n) is 6.48. The van der Waals surface area contributed by atoms with Crippen LogP contribution in [0.2, 0.25) is 0 Å². The fraction of sp³-hybridized carbons (Fsp3) is 0.182. The van der Waals surface area contributed by atoms with Gasteiger partial charge in [0.15, 0.2) is 11.6 Å². The molecule has 0 amide bonds. The number of carbonyl (C=O) groups is 2. The number of hydrogen-bond acceptors (Lipinski definition) is 3. The maximum Gasteiger partial charge on any atom is 0.189 e. The lowest BCUT2D eigenvalue weighted by molar-refractivity contribution is 0.102. The minimum atomic E-state index is -0.880.